The Morgan fingerprint density at radius 1 is 0.913 bits per heavy atom. The van der Waals surface area contributed by atoms with Crippen LogP contribution >= 0.6 is 22.7 Å². The largest absolute Gasteiger partial charge is 0.259 e. The van der Waals surface area contributed by atoms with E-state index in [1.807, 2.05) is 6.26 Å². The van der Waals surface area contributed by atoms with E-state index in [0.29, 0.717) is 0 Å². The van der Waals surface area contributed by atoms with Gasteiger partial charge in [-0.2, -0.15) is 0 Å². The van der Waals surface area contributed by atoms with Crippen molar-refractivity contribution >= 4 is 55.0 Å². The number of hydrogen-bond donors (Lipinski definition) is 0. The molecule has 4 aromatic rings. The van der Waals surface area contributed by atoms with Gasteiger partial charge in [-0.15, -0.1) is 22.7 Å². The summed E-state index contributed by atoms with van der Waals surface area (Å²) in [7, 11) is -0.899. The lowest BCUT2D eigenvalue weighted by molar-refractivity contribution is 0.677. The van der Waals surface area contributed by atoms with Crippen LogP contribution in [0.3, 0.4) is 0 Å². The molecule has 0 saturated heterocycles. The van der Waals surface area contributed by atoms with Crippen molar-refractivity contribution in [2.75, 3.05) is 6.26 Å². The Labute approximate surface area is 146 Å². The zero-order valence-corrected chi connectivity index (χ0v) is 15.1. The van der Waals surface area contributed by atoms with Crippen molar-refractivity contribution in [3.63, 3.8) is 0 Å². The van der Waals surface area contributed by atoms with Crippen LogP contribution in [-0.4, -0.2) is 10.5 Å². The predicted octanol–water partition coefficient (Wildman–Crippen LogP) is 5.78. The highest BCUT2D eigenvalue weighted by Crippen LogP contribution is 2.38. The van der Waals surface area contributed by atoms with Crippen molar-refractivity contribution in [2.24, 2.45) is 0 Å². The SMILES string of the molecule is CS(=O)C(Cc1scc2ccccc12)c1scc2ccccc12. The molecule has 2 atom stereocenters. The molecule has 0 radical (unpaired) electrons. The minimum Gasteiger partial charge on any atom is -0.259 e. The topological polar surface area (TPSA) is 17.1 Å². The fourth-order valence-corrected chi connectivity index (χ4v) is 6.57. The summed E-state index contributed by atoms with van der Waals surface area (Å²) in [6.45, 7) is 0. The minimum absolute atomic E-state index is 0.0574. The van der Waals surface area contributed by atoms with E-state index in [1.54, 1.807) is 22.7 Å². The van der Waals surface area contributed by atoms with Gasteiger partial charge in [0.25, 0.3) is 0 Å². The van der Waals surface area contributed by atoms with Crippen LogP contribution in [0, 0.1) is 0 Å². The highest BCUT2D eigenvalue weighted by atomic mass is 32.2. The van der Waals surface area contributed by atoms with Gasteiger partial charge in [0, 0.05) is 33.2 Å². The van der Waals surface area contributed by atoms with Gasteiger partial charge >= 0.3 is 0 Å². The summed E-state index contributed by atoms with van der Waals surface area (Å²) in [4.78, 5) is 2.58. The first-order chi connectivity index (χ1) is 11.2. The molecule has 0 spiro atoms. The van der Waals surface area contributed by atoms with E-state index in [-0.39, 0.29) is 5.25 Å². The van der Waals surface area contributed by atoms with Crippen LogP contribution < -0.4 is 0 Å². The van der Waals surface area contributed by atoms with Crippen molar-refractivity contribution < 1.29 is 4.21 Å². The third kappa shape index (κ3) is 2.75. The van der Waals surface area contributed by atoms with Gasteiger partial charge in [0.15, 0.2) is 0 Å². The molecule has 2 aromatic heterocycles. The lowest BCUT2D eigenvalue weighted by Gasteiger charge is -2.13. The molecule has 0 bridgehead atoms. The van der Waals surface area contributed by atoms with Crippen LogP contribution in [0.15, 0.2) is 59.3 Å². The molecule has 23 heavy (non-hydrogen) atoms. The average Bonchev–Trinajstić information content (AvgIpc) is 3.16. The summed E-state index contributed by atoms with van der Waals surface area (Å²) >= 11 is 3.52. The number of thiophene rings is 2. The Kier molecular flexibility index (Phi) is 4.05. The molecule has 1 nitrogen and oxygen atoms in total. The van der Waals surface area contributed by atoms with Crippen LogP contribution in [0.5, 0.6) is 0 Å². The van der Waals surface area contributed by atoms with Crippen molar-refractivity contribution in [3.05, 3.63) is 69.0 Å². The predicted molar refractivity (Wildman–Crippen MR) is 104 cm³/mol. The molecule has 116 valence electrons. The highest BCUT2D eigenvalue weighted by molar-refractivity contribution is 7.84. The monoisotopic (exact) mass is 356 g/mol. The molecule has 0 aliphatic rings. The fourth-order valence-electron chi connectivity index (χ4n) is 3.00. The third-order valence-electron chi connectivity index (χ3n) is 4.19. The van der Waals surface area contributed by atoms with Gasteiger partial charge in [-0.1, -0.05) is 48.5 Å². The Bertz CT molecular complexity index is 996. The first-order valence-corrected chi connectivity index (χ1v) is 10.9. The van der Waals surface area contributed by atoms with Gasteiger partial charge in [0.05, 0.1) is 5.25 Å². The maximum atomic E-state index is 12.5. The van der Waals surface area contributed by atoms with Gasteiger partial charge in [-0.05, 0) is 32.3 Å². The second-order valence-corrected chi connectivity index (χ2v) is 9.07. The lowest BCUT2D eigenvalue weighted by atomic mass is 10.1. The van der Waals surface area contributed by atoms with E-state index in [2.05, 4.69) is 59.3 Å². The molecule has 0 saturated carbocycles. The van der Waals surface area contributed by atoms with E-state index in [1.165, 1.54) is 31.3 Å². The van der Waals surface area contributed by atoms with Gasteiger partial charge in [-0.3, -0.25) is 4.21 Å². The van der Waals surface area contributed by atoms with Crippen LogP contribution in [0.4, 0.5) is 0 Å². The van der Waals surface area contributed by atoms with E-state index in [4.69, 9.17) is 0 Å². The summed E-state index contributed by atoms with van der Waals surface area (Å²) in [5, 5.41) is 9.52. The highest BCUT2D eigenvalue weighted by Gasteiger charge is 2.22. The Morgan fingerprint density at radius 3 is 2.26 bits per heavy atom. The summed E-state index contributed by atoms with van der Waals surface area (Å²) < 4.78 is 12.5. The summed E-state index contributed by atoms with van der Waals surface area (Å²) in [6.07, 6.45) is 2.67. The van der Waals surface area contributed by atoms with Crippen molar-refractivity contribution in [2.45, 2.75) is 11.7 Å². The van der Waals surface area contributed by atoms with Gasteiger partial charge in [0.1, 0.15) is 0 Å². The molecule has 4 heteroatoms. The van der Waals surface area contributed by atoms with E-state index < -0.39 is 10.8 Å². The summed E-state index contributed by atoms with van der Waals surface area (Å²) in [6, 6.07) is 16.9. The van der Waals surface area contributed by atoms with Crippen LogP contribution in [0.25, 0.3) is 21.5 Å². The Balaban J connectivity index is 1.78. The third-order valence-corrected chi connectivity index (χ3v) is 7.72. The molecule has 2 unspecified atom stereocenters. The zero-order chi connectivity index (χ0) is 15.8. The first-order valence-electron chi connectivity index (χ1n) is 7.47. The lowest BCUT2D eigenvalue weighted by Crippen LogP contribution is -2.06. The molecule has 0 N–H and O–H groups in total. The summed E-state index contributed by atoms with van der Waals surface area (Å²) in [5.41, 5.74) is 0. The molecule has 2 aromatic carbocycles. The molecule has 2 heterocycles. The molecule has 4 rings (SSSR count). The maximum absolute atomic E-state index is 12.5. The Hall–Kier alpha value is -1.49. The van der Waals surface area contributed by atoms with E-state index in [0.717, 1.165) is 6.42 Å². The zero-order valence-electron chi connectivity index (χ0n) is 12.7. The van der Waals surface area contributed by atoms with Crippen LogP contribution in [0.2, 0.25) is 0 Å². The van der Waals surface area contributed by atoms with E-state index in [9.17, 15) is 4.21 Å². The fraction of sp³-hybridized carbons (Fsp3) is 0.158. The smallest absolute Gasteiger partial charge is 0.0742 e. The number of fused-ring (bicyclic) bond motifs is 2. The number of rotatable bonds is 4. The van der Waals surface area contributed by atoms with Crippen LogP contribution in [0.1, 0.15) is 15.0 Å². The molecule has 0 fully saturated rings. The maximum Gasteiger partial charge on any atom is 0.0742 e. The summed E-state index contributed by atoms with van der Waals surface area (Å²) in [5.74, 6) is 0. The second-order valence-electron chi connectivity index (χ2n) is 5.62. The molecular formula is C19H16OS3. The number of hydrogen-bond acceptors (Lipinski definition) is 3. The minimum atomic E-state index is -0.899. The number of benzene rings is 2. The van der Waals surface area contributed by atoms with Gasteiger partial charge < -0.3 is 0 Å². The van der Waals surface area contributed by atoms with E-state index >= 15 is 0 Å². The quantitative estimate of drug-likeness (QED) is 0.453. The normalized spacial score (nSPS) is 14.3. The van der Waals surface area contributed by atoms with Gasteiger partial charge in [0.2, 0.25) is 0 Å². The van der Waals surface area contributed by atoms with Crippen molar-refractivity contribution in [1.29, 1.82) is 0 Å². The first kappa shape index (κ1) is 15.1. The average molecular weight is 357 g/mol. The van der Waals surface area contributed by atoms with Crippen molar-refractivity contribution in [1.82, 2.24) is 0 Å². The molecule has 0 aliphatic carbocycles. The van der Waals surface area contributed by atoms with Crippen molar-refractivity contribution in [3.8, 4) is 0 Å². The molecule has 0 aliphatic heterocycles. The van der Waals surface area contributed by atoms with Crippen LogP contribution in [-0.2, 0) is 17.2 Å². The van der Waals surface area contributed by atoms with Gasteiger partial charge in [-0.25, -0.2) is 0 Å². The standard InChI is InChI=1S/C19H16OS3/c1-23(20)18(19-16-9-5-3-7-14(16)12-22-19)10-17-15-8-4-2-6-13(15)11-21-17/h2-9,11-12,18H,10H2,1H3. The second kappa shape index (κ2) is 6.19. The molecule has 0 amide bonds. The Morgan fingerprint density at radius 2 is 1.52 bits per heavy atom. The molecular weight excluding hydrogens is 340 g/mol.